The molecule has 3 atom stereocenters. The summed E-state index contributed by atoms with van der Waals surface area (Å²) < 4.78 is 23.9. The molecule has 0 unspecified atom stereocenters. The van der Waals surface area contributed by atoms with Crippen molar-refractivity contribution < 1.29 is 28.0 Å². The second-order valence-electron chi connectivity index (χ2n) is 13.4. The molecule has 3 aliphatic rings. The van der Waals surface area contributed by atoms with E-state index in [9.17, 15) is 23.6 Å². The van der Waals surface area contributed by atoms with Crippen molar-refractivity contribution in [3.05, 3.63) is 34.8 Å². The Balaban J connectivity index is 1.24. The maximum absolute atomic E-state index is 14.0. The number of aromatic amines is 1. The Morgan fingerprint density at radius 3 is 2.33 bits per heavy atom. The van der Waals surface area contributed by atoms with E-state index in [-0.39, 0.29) is 29.7 Å². The second-order valence-corrected chi connectivity index (χ2v) is 13.4. The van der Waals surface area contributed by atoms with E-state index in [4.69, 9.17) is 4.74 Å². The van der Waals surface area contributed by atoms with Gasteiger partial charge in [0, 0.05) is 29.8 Å². The molecule has 3 heterocycles. The fourth-order valence-electron chi connectivity index (χ4n) is 7.00. The lowest BCUT2D eigenvalue weighted by molar-refractivity contribution is -0.142. The van der Waals surface area contributed by atoms with Crippen molar-refractivity contribution >= 4 is 23.6 Å². The first-order valence-electron chi connectivity index (χ1n) is 16.1. The summed E-state index contributed by atoms with van der Waals surface area (Å²) in [5.41, 5.74) is 0.527. The van der Waals surface area contributed by atoms with Gasteiger partial charge in [0.2, 0.25) is 11.8 Å². The van der Waals surface area contributed by atoms with E-state index in [1.165, 1.54) is 0 Å². The number of carbonyl (C=O) groups is 3. The highest BCUT2D eigenvalue weighted by Crippen LogP contribution is 2.35. The molecule has 45 heavy (non-hydrogen) atoms. The van der Waals surface area contributed by atoms with E-state index in [1.807, 2.05) is 0 Å². The third-order valence-corrected chi connectivity index (χ3v) is 9.20. The number of H-pyrrole nitrogens is 1. The summed E-state index contributed by atoms with van der Waals surface area (Å²) in [5.74, 6) is -1.04. The maximum Gasteiger partial charge on any atom is 0.460 e. The highest BCUT2D eigenvalue weighted by Gasteiger charge is 2.46. The molecule has 1 saturated carbocycles. The van der Waals surface area contributed by atoms with Crippen LogP contribution in [0.15, 0.2) is 33.6 Å². The standard InChI is InChI=1S/C32H45FN6O6/c1-32(2,3)44-30(42)35-24(19-33)20-7-9-22(10-8-20)29(41)39-18-15-25(38-16-5-4-6-17-38)26(39)28(40)34-23-13-11-21(12-14-23)27-36-31(43)45-37-27/h11-14,20,22,24-26H,4-10,15-19H2,1-3H3,(H,34,40)(H,35,42)(H,36,37,43)/t20-,22-,24-,25-,26+/m1/s1. The zero-order chi connectivity index (χ0) is 32.1. The van der Waals surface area contributed by atoms with Gasteiger partial charge < -0.3 is 24.8 Å². The van der Waals surface area contributed by atoms with Gasteiger partial charge in [-0.3, -0.25) is 14.5 Å². The van der Waals surface area contributed by atoms with Gasteiger partial charge in [0.15, 0.2) is 5.82 Å². The molecule has 5 rings (SSSR count). The quantitative estimate of drug-likeness (QED) is 0.396. The predicted molar refractivity (Wildman–Crippen MR) is 165 cm³/mol. The van der Waals surface area contributed by atoms with Gasteiger partial charge in [0.05, 0.1) is 6.04 Å². The number of aromatic nitrogens is 2. The van der Waals surface area contributed by atoms with E-state index in [2.05, 4.69) is 30.2 Å². The van der Waals surface area contributed by atoms with E-state index in [1.54, 1.807) is 49.9 Å². The number of alkyl carbamates (subject to hydrolysis) is 1. The number of anilines is 1. The Bertz CT molecular complexity index is 1370. The van der Waals surface area contributed by atoms with Gasteiger partial charge >= 0.3 is 11.8 Å². The Kier molecular flexibility index (Phi) is 10.3. The lowest BCUT2D eigenvalue weighted by Gasteiger charge is -2.38. The highest BCUT2D eigenvalue weighted by atomic mass is 19.1. The summed E-state index contributed by atoms with van der Waals surface area (Å²) in [4.78, 5) is 59.3. The molecule has 1 aromatic carbocycles. The molecule has 13 heteroatoms. The van der Waals surface area contributed by atoms with Crippen molar-refractivity contribution in [1.29, 1.82) is 0 Å². The van der Waals surface area contributed by atoms with Crippen LogP contribution < -0.4 is 16.4 Å². The number of benzene rings is 1. The van der Waals surface area contributed by atoms with Crippen LogP contribution in [-0.4, -0.2) is 87.9 Å². The van der Waals surface area contributed by atoms with Crippen LogP contribution in [0.5, 0.6) is 0 Å². The van der Waals surface area contributed by atoms with Gasteiger partial charge in [-0.1, -0.05) is 6.42 Å². The van der Waals surface area contributed by atoms with Crippen LogP contribution >= 0.6 is 0 Å². The largest absolute Gasteiger partial charge is 0.460 e. The third-order valence-electron chi connectivity index (χ3n) is 9.20. The predicted octanol–water partition coefficient (Wildman–Crippen LogP) is 4.09. The summed E-state index contributed by atoms with van der Waals surface area (Å²) in [6.45, 7) is 6.89. The third kappa shape index (κ3) is 8.11. The minimum Gasteiger partial charge on any atom is -0.444 e. The van der Waals surface area contributed by atoms with E-state index in [0.717, 1.165) is 38.8 Å². The number of nitrogens with one attached hydrogen (secondary N) is 3. The summed E-state index contributed by atoms with van der Waals surface area (Å²) >= 11 is 0. The number of piperidine rings is 1. The lowest BCUT2D eigenvalue weighted by Crippen LogP contribution is -2.55. The van der Waals surface area contributed by atoms with Crippen LogP contribution in [0, 0.1) is 11.8 Å². The minimum absolute atomic E-state index is 0.0321. The number of carbonyl (C=O) groups excluding carboxylic acids is 3. The fourth-order valence-corrected chi connectivity index (χ4v) is 7.00. The van der Waals surface area contributed by atoms with Gasteiger partial charge in [-0.15, -0.1) is 0 Å². The summed E-state index contributed by atoms with van der Waals surface area (Å²) in [7, 11) is 0. The molecule has 3 fully saturated rings. The first-order chi connectivity index (χ1) is 21.5. The number of nitrogens with zero attached hydrogens (tertiary/aromatic N) is 3. The summed E-state index contributed by atoms with van der Waals surface area (Å²) in [6.07, 6.45) is 5.73. The molecule has 2 aliphatic heterocycles. The maximum atomic E-state index is 14.0. The van der Waals surface area contributed by atoms with Crippen molar-refractivity contribution in [2.45, 2.75) is 95.9 Å². The van der Waals surface area contributed by atoms with Crippen molar-refractivity contribution in [1.82, 2.24) is 25.3 Å². The fraction of sp³-hybridized carbons (Fsp3) is 0.656. The van der Waals surface area contributed by atoms with Gasteiger partial charge in [-0.05, 0) is 109 Å². The van der Waals surface area contributed by atoms with E-state index in [0.29, 0.717) is 49.3 Å². The number of rotatable bonds is 8. The van der Waals surface area contributed by atoms with Crippen molar-refractivity contribution in [3.63, 3.8) is 0 Å². The Morgan fingerprint density at radius 1 is 1.04 bits per heavy atom. The Hall–Kier alpha value is -3.74. The molecule has 3 amide bonds. The number of halogens is 1. The SMILES string of the molecule is CC(C)(C)OC(=O)N[C@H](CF)[C@H]1CC[C@H](C(=O)N2CC[C@@H](N3CCCCC3)[C@H]2C(=O)Nc2ccc(-c3nc(=O)o[nH]3)cc2)CC1. The van der Waals surface area contributed by atoms with Crippen LogP contribution in [0.3, 0.4) is 0 Å². The van der Waals surface area contributed by atoms with E-state index >= 15 is 0 Å². The van der Waals surface area contributed by atoms with Crippen LogP contribution in [0.25, 0.3) is 11.4 Å². The molecule has 1 aliphatic carbocycles. The number of ether oxygens (including phenoxy) is 1. The van der Waals surface area contributed by atoms with Crippen LogP contribution in [0.2, 0.25) is 0 Å². The van der Waals surface area contributed by atoms with Crippen LogP contribution in [-0.2, 0) is 14.3 Å². The number of alkyl halides is 1. The molecule has 246 valence electrons. The molecule has 12 nitrogen and oxygen atoms in total. The Labute approximate surface area is 262 Å². The normalized spacial score (nSPS) is 25.0. The van der Waals surface area contributed by atoms with Gasteiger partial charge in [-0.2, -0.15) is 10.1 Å². The second kappa shape index (κ2) is 14.1. The average molecular weight is 629 g/mol. The van der Waals surface area contributed by atoms with E-state index < -0.39 is 36.2 Å². The van der Waals surface area contributed by atoms with Crippen molar-refractivity contribution in [2.24, 2.45) is 11.8 Å². The van der Waals surface area contributed by atoms with Gasteiger partial charge in [0.1, 0.15) is 18.3 Å². The molecule has 0 radical (unpaired) electrons. The molecule has 0 spiro atoms. The zero-order valence-corrected chi connectivity index (χ0v) is 26.4. The molecule has 2 aromatic rings. The first-order valence-corrected chi connectivity index (χ1v) is 16.1. The summed E-state index contributed by atoms with van der Waals surface area (Å²) in [6, 6.07) is 5.54. The number of hydrogen-bond acceptors (Lipinski definition) is 8. The number of hydrogen-bond donors (Lipinski definition) is 3. The lowest BCUT2D eigenvalue weighted by atomic mass is 9.78. The molecule has 2 saturated heterocycles. The van der Waals surface area contributed by atoms with Gasteiger partial charge in [0.25, 0.3) is 0 Å². The first kappa shape index (κ1) is 32.6. The highest BCUT2D eigenvalue weighted by molar-refractivity contribution is 5.98. The zero-order valence-electron chi connectivity index (χ0n) is 26.4. The summed E-state index contributed by atoms with van der Waals surface area (Å²) in [5, 5.41) is 8.17. The Morgan fingerprint density at radius 2 is 1.73 bits per heavy atom. The van der Waals surface area contributed by atoms with Crippen LogP contribution in [0.1, 0.15) is 72.1 Å². The molecule has 1 aromatic heterocycles. The number of likely N-dealkylation sites (tertiary alicyclic amines) is 2. The average Bonchev–Trinajstić information content (AvgIpc) is 3.66. The number of amides is 3. The topological polar surface area (TPSA) is 150 Å². The minimum atomic E-state index is -0.717. The molecular formula is C32H45FN6O6. The van der Waals surface area contributed by atoms with Crippen molar-refractivity contribution in [2.75, 3.05) is 31.6 Å². The van der Waals surface area contributed by atoms with Crippen LogP contribution in [0.4, 0.5) is 14.9 Å². The monoisotopic (exact) mass is 628 g/mol. The molecule has 0 bridgehead atoms. The van der Waals surface area contributed by atoms with Crippen molar-refractivity contribution in [3.8, 4) is 11.4 Å². The molecular weight excluding hydrogens is 583 g/mol. The molecule has 3 N–H and O–H groups in total. The van der Waals surface area contributed by atoms with Gasteiger partial charge in [-0.25, -0.2) is 14.0 Å². The smallest absolute Gasteiger partial charge is 0.444 e.